The van der Waals surface area contributed by atoms with E-state index in [2.05, 4.69) is 20.6 Å². The van der Waals surface area contributed by atoms with Crippen LogP contribution in [-0.4, -0.2) is 57.2 Å². The van der Waals surface area contributed by atoms with E-state index in [0.29, 0.717) is 29.8 Å². The first-order valence-electron chi connectivity index (χ1n) is 12.8. The molecule has 4 saturated carbocycles. The summed E-state index contributed by atoms with van der Waals surface area (Å²) in [4.78, 5) is 37.6. The van der Waals surface area contributed by atoms with Crippen LogP contribution in [0.4, 0.5) is 5.82 Å². The average molecular weight is 476 g/mol. The average Bonchev–Trinajstić information content (AvgIpc) is 3.24. The van der Waals surface area contributed by atoms with E-state index in [-0.39, 0.29) is 29.0 Å². The summed E-state index contributed by atoms with van der Waals surface area (Å²) in [7, 11) is 0. The molecule has 3 heterocycles. The van der Waals surface area contributed by atoms with Gasteiger partial charge in [0.25, 0.3) is 11.8 Å². The molecule has 0 radical (unpaired) electrons. The standard InChI is InChI=1S/C27H33N5O3/c1-17-4-2-5-21(28-17)24(34)30-26-11-18-10-19(12-26)14-27(13-18,16-26)31-25(35)22-6-3-7-23(29-22)32-9-8-20(33)15-32/h2-7,18-20,33H,8-16H2,1H3,(H,30,34)(H,31,35). The van der Waals surface area contributed by atoms with Crippen LogP contribution in [0.25, 0.3) is 0 Å². The van der Waals surface area contributed by atoms with E-state index in [1.165, 1.54) is 6.42 Å². The highest BCUT2D eigenvalue weighted by atomic mass is 16.3. The Hall–Kier alpha value is -3.00. The van der Waals surface area contributed by atoms with E-state index in [1.54, 1.807) is 12.1 Å². The maximum atomic E-state index is 13.4. The van der Waals surface area contributed by atoms with Crippen LogP contribution in [0.3, 0.4) is 0 Å². The van der Waals surface area contributed by atoms with Crippen LogP contribution >= 0.6 is 0 Å². The smallest absolute Gasteiger partial charge is 0.270 e. The summed E-state index contributed by atoms with van der Waals surface area (Å²) in [6, 6.07) is 11.0. The van der Waals surface area contributed by atoms with Gasteiger partial charge in [0.1, 0.15) is 17.2 Å². The molecule has 8 heteroatoms. The highest BCUT2D eigenvalue weighted by molar-refractivity contribution is 5.94. The zero-order chi connectivity index (χ0) is 24.2. The second kappa shape index (κ2) is 8.29. The Balaban J connectivity index is 1.20. The second-order valence-corrected chi connectivity index (χ2v) is 11.4. The van der Waals surface area contributed by atoms with Crippen molar-refractivity contribution in [1.82, 2.24) is 20.6 Å². The van der Waals surface area contributed by atoms with E-state index >= 15 is 0 Å². The molecule has 0 aromatic carbocycles. The van der Waals surface area contributed by atoms with Crippen LogP contribution < -0.4 is 15.5 Å². The lowest BCUT2D eigenvalue weighted by molar-refractivity contribution is -0.0449. The third kappa shape index (κ3) is 4.29. The summed E-state index contributed by atoms with van der Waals surface area (Å²) < 4.78 is 0. The van der Waals surface area contributed by atoms with Crippen LogP contribution in [0.5, 0.6) is 0 Å². The molecule has 2 aromatic heterocycles. The first-order valence-corrected chi connectivity index (χ1v) is 12.8. The minimum Gasteiger partial charge on any atom is -0.391 e. The number of aliphatic hydroxyl groups is 1. The number of rotatable bonds is 5. The molecular formula is C27H33N5O3. The van der Waals surface area contributed by atoms with E-state index in [9.17, 15) is 14.7 Å². The Morgan fingerprint density at radius 3 is 2.11 bits per heavy atom. The van der Waals surface area contributed by atoms with Crippen molar-refractivity contribution in [2.45, 2.75) is 69.1 Å². The summed E-state index contributed by atoms with van der Waals surface area (Å²) in [5, 5.41) is 16.6. The number of hydrogen-bond donors (Lipinski definition) is 3. The Kier molecular flexibility index (Phi) is 5.32. The number of aromatic nitrogens is 2. The van der Waals surface area contributed by atoms with Crippen LogP contribution in [0.1, 0.15) is 71.6 Å². The van der Waals surface area contributed by atoms with Crippen molar-refractivity contribution in [1.29, 1.82) is 0 Å². The van der Waals surface area contributed by atoms with E-state index in [0.717, 1.165) is 56.6 Å². The number of pyridine rings is 2. The molecule has 3 unspecified atom stereocenters. The molecule has 0 spiro atoms. The minimum atomic E-state index is -0.345. The second-order valence-electron chi connectivity index (χ2n) is 11.4. The first kappa shape index (κ1) is 22.5. The van der Waals surface area contributed by atoms with Gasteiger partial charge in [-0.2, -0.15) is 0 Å². The molecule has 8 nitrogen and oxygen atoms in total. The largest absolute Gasteiger partial charge is 0.391 e. The van der Waals surface area contributed by atoms with Crippen molar-refractivity contribution in [3.8, 4) is 0 Å². The number of nitrogens with one attached hydrogen (secondary N) is 2. The van der Waals surface area contributed by atoms with Gasteiger partial charge in [0.2, 0.25) is 0 Å². The molecule has 3 atom stereocenters. The highest BCUT2D eigenvalue weighted by Gasteiger charge is 2.59. The molecule has 4 aliphatic carbocycles. The highest BCUT2D eigenvalue weighted by Crippen LogP contribution is 2.57. The molecule has 184 valence electrons. The van der Waals surface area contributed by atoms with Gasteiger partial charge in [-0.15, -0.1) is 0 Å². The molecule has 2 aromatic rings. The normalized spacial score (nSPS) is 33.1. The maximum Gasteiger partial charge on any atom is 0.270 e. The fourth-order valence-electron chi connectivity index (χ4n) is 7.51. The molecule has 2 amide bonds. The number of carbonyl (C=O) groups is 2. The van der Waals surface area contributed by atoms with E-state index in [1.807, 2.05) is 36.1 Å². The summed E-state index contributed by atoms with van der Waals surface area (Å²) in [6.07, 6.45) is 6.12. The van der Waals surface area contributed by atoms with Gasteiger partial charge >= 0.3 is 0 Å². The van der Waals surface area contributed by atoms with Gasteiger partial charge in [-0.1, -0.05) is 12.1 Å². The van der Waals surface area contributed by atoms with Crippen molar-refractivity contribution in [3.05, 3.63) is 53.5 Å². The van der Waals surface area contributed by atoms with Gasteiger partial charge in [0.05, 0.1) is 6.10 Å². The molecule has 4 bridgehead atoms. The van der Waals surface area contributed by atoms with Crippen LogP contribution in [0.2, 0.25) is 0 Å². The van der Waals surface area contributed by atoms with E-state index < -0.39 is 0 Å². The summed E-state index contributed by atoms with van der Waals surface area (Å²) in [6.45, 7) is 3.18. The molecule has 35 heavy (non-hydrogen) atoms. The first-order chi connectivity index (χ1) is 16.8. The number of anilines is 1. The predicted molar refractivity (Wildman–Crippen MR) is 131 cm³/mol. The van der Waals surface area contributed by atoms with Gasteiger partial charge in [-0.3, -0.25) is 9.59 Å². The third-order valence-corrected chi connectivity index (χ3v) is 8.39. The molecule has 1 saturated heterocycles. The zero-order valence-electron chi connectivity index (χ0n) is 20.2. The predicted octanol–water partition coefficient (Wildman–Crippen LogP) is 2.61. The van der Waals surface area contributed by atoms with Gasteiger partial charge < -0.3 is 20.6 Å². The zero-order valence-corrected chi connectivity index (χ0v) is 20.2. The SMILES string of the molecule is Cc1cccc(C(=O)NC23CC4CC(C2)CC(NC(=O)c2cccc(N5CCC(O)C5)n2)(C4)C3)n1. The van der Waals surface area contributed by atoms with Crippen LogP contribution in [0.15, 0.2) is 36.4 Å². The molecule has 5 fully saturated rings. The fourth-order valence-corrected chi connectivity index (χ4v) is 7.51. The monoisotopic (exact) mass is 475 g/mol. The van der Waals surface area contributed by atoms with Gasteiger partial charge in [-0.25, -0.2) is 9.97 Å². The van der Waals surface area contributed by atoms with Crippen LogP contribution in [-0.2, 0) is 0 Å². The van der Waals surface area contributed by atoms with E-state index in [4.69, 9.17) is 0 Å². The lowest BCUT2D eigenvalue weighted by Gasteiger charge is -2.62. The van der Waals surface area contributed by atoms with Crippen molar-refractivity contribution < 1.29 is 14.7 Å². The minimum absolute atomic E-state index is 0.126. The topological polar surface area (TPSA) is 107 Å². The lowest BCUT2D eigenvalue weighted by Crippen LogP contribution is -2.70. The number of aryl methyl sites for hydroxylation is 1. The molecule has 5 aliphatic rings. The maximum absolute atomic E-state index is 13.4. The Morgan fingerprint density at radius 2 is 1.54 bits per heavy atom. The lowest BCUT2D eigenvalue weighted by atomic mass is 9.49. The Labute approximate surface area is 205 Å². The van der Waals surface area contributed by atoms with Crippen molar-refractivity contribution in [2.75, 3.05) is 18.0 Å². The van der Waals surface area contributed by atoms with Gasteiger partial charge in [0, 0.05) is 29.9 Å². The number of nitrogens with zero attached hydrogens (tertiary/aromatic N) is 3. The van der Waals surface area contributed by atoms with Crippen molar-refractivity contribution >= 4 is 17.6 Å². The number of β-amino-alcohol motifs (C(OH)–C–C–N with tert-alkyl or cyclic N) is 1. The Bertz CT molecular complexity index is 1150. The quantitative estimate of drug-likeness (QED) is 0.614. The van der Waals surface area contributed by atoms with Crippen molar-refractivity contribution in [3.63, 3.8) is 0 Å². The van der Waals surface area contributed by atoms with Crippen molar-refractivity contribution in [2.24, 2.45) is 11.8 Å². The van der Waals surface area contributed by atoms with Gasteiger partial charge in [-0.05, 0) is 88.0 Å². The van der Waals surface area contributed by atoms with Gasteiger partial charge in [0.15, 0.2) is 0 Å². The molecule has 3 N–H and O–H groups in total. The third-order valence-electron chi connectivity index (χ3n) is 8.39. The molecule has 1 aliphatic heterocycles. The van der Waals surface area contributed by atoms with Crippen LogP contribution in [0, 0.1) is 18.8 Å². The summed E-state index contributed by atoms with van der Waals surface area (Å²) in [5.41, 5.74) is 1.05. The Morgan fingerprint density at radius 1 is 0.943 bits per heavy atom. The summed E-state index contributed by atoms with van der Waals surface area (Å²) in [5.74, 6) is 1.43. The fraction of sp³-hybridized carbons (Fsp3) is 0.556. The number of aliphatic hydroxyl groups excluding tert-OH is 1. The molecule has 7 rings (SSSR count). The molecular weight excluding hydrogens is 442 g/mol. The number of carbonyl (C=O) groups excluding carboxylic acids is 2. The number of hydrogen-bond acceptors (Lipinski definition) is 6. The summed E-state index contributed by atoms with van der Waals surface area (Å²) >= 11 is 0. The number of amides is 2.